The third kappa shape index (κ3) is 3.87. The fourth-order valence-electron chi connectivity index (χ4n) is 3.48. The van der Waals surface area contributed by atoms with Crippen LogP contribution in [0.15, 0.2) is 18.3 Å². The van der Waals surface area contributed by atoms with Crippen molar-refractivity contribution in [1.29, 1.82) is 0 Å². The number of hydrogen-bond acceptors (Lipinski definition) is 8. The molecule has 144 valence electrons. The Hall–Kier alpha value is -2.29. The molecule has 4 heterocycles. The minimum atomic E-state index is -3.01. The maximum atomic E-state index is 11.9. The standard InChI is InChI=1S/C18H24N6O2S/c1-13(2)18-19-5-3-16(20-18)23-6-8-24(9-7-23)17-11-14-12-27(25,26)10-4-15(14)21-22-17/h3,5,11,13H,4,6-10,12H2,1-2H3. The Labute approximate surface area is 159 Å². The van der Waals surface area contributed by atoms with Crippen LogP contribution in [0.25, 0.3) is 0 Å². The van der Waals surface area contributed by atoms with E-state index in [1.807, 2.05) is 18.3 Å². The zero-order chi connectivity index (χ0) is 19.0. The van der Waals surface area contributed by atoms with Crippen LogP contribution in [0.1, 0.15) is 36.8 Å². The average Bonchev–Trinajstić information content (AvgIpc) is 2.67. The van der Waals surface area contributed by atoms with Crippen molar-refractivity contribution < 1.29 is 8.42 Å². The molecule has 2 aromatic heterocycles. The lowest BCUT2D eigenvalue weighted by Gasteiger charge is -2.36. The van der Waals surface area contributed by atoms with Crippen LogP contribution in [0.2, 0.25) is 0 Å². The summed E-state index contributed by atoms with van der Waals surface area (Å²) in [7, 11) is -3.01. The molecule has 27 heavy (non-hydrogen) atoms. The van der Waals surface area contributed by atoms with E-state index in [0.29, 0.717) is 12.3 Å². The Bertz CT molecular complexity index is 939. The molecule has 0 amide bonds. The molecule has 8 nitrogen and oxygen atoms in total. The fraction of sp³-hybridized carbons (Fsp3) is 0.556. The number of aryl methyl sites for hydroxylation is 1. The van der Waals surface area contributed by atoms with Gasteiger partial charge >= 0.3 is 0 Å². The zero-order valence-electron chi connectivity index (χ0n) is 15.7. The summed E-state index contributed by atoms with van der Waals surface area (Å²) in [5.41, 5.74) is 1.61. The Balaban J connectivity index is 1.46. The molecule has 1 saturated heterocycles. The lowest BCUT2D eigenvalue weighted by molar-refractivity contribution is 0.589. The summed E-state index contributed by atoms with van der Waals surface area (Å²) < 4.78 is 23.8. The van der Waals surface area contributed by atoms with Crippen LogP contribution in [0, 0.1) is 0 Å². The van der Waals surface area contributed by atoms with E-state index in [1.165, 1.54) is 0 Å². The Morgan fingerprint density at radius 2 is 1.74 bits per heavy atom. The van der Waals surface area contributed by atoms with E-state index >= 15 is 0 Å². The van der Waals surface area contributed by atoms with Gasteiger partial charge in [-0.15, -0.1) is 5.10 Å². The molecule has 2 aliphatic rings. The van der Waals surface area contributed by atoms with Gasteiger partial charge in [-0.25, -0.2) is 18.4 Å². The van der Waals surface area contributed by atoms with Gasteiger partial charge in [-0.05, 0) is 17.7 Å². The minimum Gasteiger partial charge on any atom is -0.353 e. The van der Waals surface area contributed by atoms with Gasteiger partial charge in [0.05, 0.1) is 17.2 Å². The van der Waals surface area contributed by atoms with Crippen LogP contribution in [0.3, 0.4) is 0 Å². The fourth-order valence-corrected chi connectivity index (χ4v) is 4.85. The highest BCUT2D eigenvalue weighted by molar-refractivity contribution is 7.90. The molecule has 2 aliphatic heterocycles. The zero-order valence-corrected chi connectivity index (χ0v) is 16.5. The molecule has 9 heteroatoms. The Kier molecular flexibility index (Phi) is 4.71. The summed E-state index contributed by atoms with van der Waals surface area (Å²) in [5, 5.41) is 8.61. The monoisotopic (exact) mass is 388 g/mol. The summed E-state index contributed by atoms with van der Waals surface area (Å²) in [5.74, 6) is 3.12. The highest BCUT2D eigenvalue weighted by atomic mass is 32.2. The first-order valence-corrected chi connectivity index (χ1v) is 11.1. The highest BCUT2D eigenvalue weighted by Crippen LogP contribution is 2.24. The first-order valence-electron chi connectivity index (χ1n) is 9.30. The van der Waals surface area contributed by atoms with Crippen LogP contribution in [0.5, 0.6) is 0 Å². The van der Waals surface area contributed by atoms with Crippen molar-refractivity contribution in [3.05, 3.63) is 35.4 Å². The van der Waals surface area contributed by atoms with Crippen molar-refractivity contribution in [2.24, 2.45) is 0 Å². The maximum Gasteiger partial charge on any atom is 0.154 e. The molecule has 0 radical (unpaired) electrons. The number of nitrogens with zero attached hydrogens (tertiary/aromatic N) is 6. The average molecular weight is 388 g/mol. The van der Waals surface area contributed by atoms with E-state index in [0.717, 1.165) is 54.9 Å². The summed E-state index contributed by atoms with van der Waals surface area (Å²) in [6, 6.07) is 3.85. The second-order valence-electron chi connectivity index (χ2n) is 7.42. The second kappa shape index (κ2) is 7.03. The summed E-state index contributed by atoms with van der Waals surface area (Å²) in [4.78, 5) is 13.4. The van der Waals surface area contributed by atoms with Crippen LogP contribution >= 0.6 is 0 Å². The maximum absolute atomic E-state index is 11.9. The van der Waals surface area contributed by atoms with Crippen molar-refractivity contribution in [2.45, 2.75) is 31.9 Å². The topological polar surface area (TPSA) is 92.2 Å². The Morgan fingerprint density at radius 3 is 2.44 bits per heavy atom. The molecule has 0 spiro atoms. The number of hydrogen-bond donors (Lipinski definition) is 0. The number of piperazine rings is 1. The van der Waals surface area contributed by atoms with Gasteiger partial charge in [-0.2, -0.15) is 5.10 Å². The third-order valence-electron chi connectivity index (χ3n) is 5.08. The van der Waals surface area contributed by atoms with Crippen LogP contribution in [-0.2, 0) is 22.0 Å². The first kappa shape index (κ1) is 18.1. The van der Waals surface area contributed by atoms with E-state index in [2.05, 4.69) is 43.8 Å². The third-order valence-corrected chi connectivity index (χ3v) is 6.65. The van der Waals surface area contributed by atoms with Crippen molar-refractivity contribution in [1.82, 2.24) is 20.2 Å². The number of aromatic nitrogens is 4. The van der Waals surface area contributed by atoms with Gasteiger partial charge in [-0.3, -0.25) is 0 Å². The normalized spacial score (nSPS) is 19.2. The smallest absolute Gasteiger partial charge is 0.154 e. The first-order chi connectivity index (χ1) is 12.9. The minimum absolute atomic E-state index is 0.0731. The van der Waals surface area contributed by atoms with E-state index < -0.39 is 9.84 Å². The second-order valence-corrected chi connectivity index (χ2v) is 9.60. The van der Waals surface area contributed by atoms with Crippen molar-refractivity contribution in [2.75, 3.05) is 41.7 Å². The number of anilines is 2. The molecule has 0 saturated carbocycles. The molecule has 1 fully saturated rings. The molecule has 0 aliphatic carbocycles. The number of fused-ring (bicyclic) bond motifs is 1. The lowest BCUT2D eigenvalue weighted by atomic mass is 10.2. The van der Waals surface area contributed by atoms with Gasteiger partial charge in [0.25, 0.3) is 0 Å². The molecule has 0 bridgehead atoms. The quantitative estimate of drug-likeness (QED) is 0.774. The van der Waals surface area contributed by atoms with E-state index in [1.54, 1.807) is 0 Å². The number of sulfone groups is 1. The summed E-state index contributed by atoms with van der Waals surface area (Å²) in [6.07, 6.45) is 2.28. The molecule has 0 unspecified atom stereocenters. The van der Waals surface area contributed by atoms with E-state index in [9.17, 15) is 8.42 Å². The molecule has 0 aromatic carbocycles. The lowest BCUT2D eigenvalue weighted by Crippen LogP contribution is -2.47. The van der Waals surface area contributed by atoms with Crippen LogP contribution in [0.4, 0.5) is 11.6 Å². The van der Waals surface area contributed by atoms with Crippen molar-refractivity contribution >= 4 is 21.5 Å². The Morgan fingerprint density at radius 1 is 1.04 bits per heavy atom. The van der Waals surface area contributed by atoms with Gasteiger partial charge in [0, 0.05) is 44.7 Å². The largest absolute Gasteiger partial charge is 0.353 e. The molecular weight excluding hydrogens is 364 g/mol. The SMILES string of the molecule is CC(C)c1nccc(N2CCN(c3cc4c(nn3)CCS(=O)(=O)C4)CC2)n1. The predicted molar refractivity (Wildman–Crippen MR) is 104 cm³/mol. The van der Waals surface area contributed by atoms with Crippen molar-refractivity contribution in [3.8, 4) is 0 Å². The van der Waals surface area contributed by atoms with Gasteiger partial charge in [0.1, 0.15) is 11.6 Å². The molecule has 0 atom stereocenters. The number of rotatable bonds is 3. The van der Waals surface area contributed by atoms with Crippen molar-refractivity contribution in [3.63, 3.8) is 0 Å². The van der Waals surface area contributed by atoms with Crippen LogP contribution < -0.4 is 9.80 Å². The van der Waals surface area contributed by atoms with Gasteiger partial charge in [0.2, 0.25) is 0 Å². The van der Waals surface area contributed by atoms with E-state index in [-0.39, 0.29) is 11.5 Å². The molecule has 4 rings (SSSR count). The summed E-state index contributed by atoms with van der Waals surface area (Å²) >= 11 is 0. The molecular formula is C18H24N6O2S. The molecule has 0 N–H and O–H groups in total. The van der Waals surface area contributed by atoms with Gasteiger partial charge < -0.3 is 9.80 Å². The summed E-state index contributed by atoms with van der Waals surface area (Å²) in [6.45, 7) is 7.41. The molecule has 2 aromatic rings. The van der Waals surface area contributed by atoms with Gasteiger partial charge in [-0.1, -0.05) is 13.8 Å². The van der Waals surface area contributed by atoms with Gasteiger partial charge in [0.15, 0.2) is 15.7 Å². The van der Waals surface area contributed by atoms with E-state index in [4.69, 9.17) is 0 Å². The van der Waals surface area contributed by atoms with Crippen LogP contribution in [-0.4, -0.2) is 60.5 Å². The highest BCUT2D eigenvalue weighted by Gasteiger charge is 2.25. The predicted octanol–water partition coefficient (Wildman–Crippen LogP) is 1.19.